The van der Waals surface area contributed by atoms with Gasteiger partial charge in [-0.1, -0.05) is 60.7 Å². The van der Waals surface area contributed by atoms with Crippen LogP contribution < -0.4 is 14.8 Å². The van der Waals surface area contributed by atoms with Crippen molar-refractivity contribution in [2.24, 2.45) is 0 Å². The average Bonchev–Trinajstić information content (AvgIpc) is 2.78. The van der Waals surface area contributed by atoms with Crippen LogP contribution in [0, 0.1) is 11.3 Å². The van der Waals surface area contributed by atoms with Crippen LogP contribution in [0.5, 0.6) is 11.5 Å². The fourth-order valence-corrected chi connectivity index (χ4v) is 3.58. The summed E-state index contributed by atoms with van der Waals surface area (Å²) in [4.78, 5) is 12.7. The molecule has 30 heavy (non-hydrogen) atoms. The number of halogens is 1. The molecule has 152 valence electrons. The molecule has 0 unspecified atom stereocenters. The topological polar surface area (TPSA) is 71.3 Å². The highest BCUT2D eigenvalue weighted by Gasteiger charge is 2.18. The maximum absolute atomic E-state index is 12.7. The van der Waals surface area contributed by atoms with E-state index < -0.39 is 0 Å². The Kier molecular flexibility index (Phi) is 7.47. The molecule has 0 aliphatic heterocycles. The van der Waals surface area contributed by atoms with Gasteiger partial charge in [-0.2, -0.15) is 5.26 Å². The molecule has 0 atom stereocenters. The summed E-state index contributed by atoms with van der Waals surface area (Å²) in [7, 11) is 0. The van der Waals surface area contributed by atoms with E-state index >= 15 is 0 Å². The summed E-state index contributed by atoms with van der Waals surface area (Å²) in [5, 5.41) is 12.2. The first kappa shape index (κ1) is 21.4. The van der Waals surface area contributed by atoms with Crippen molar-refractivity contribution in [2.75, 3.05) is 13.2 Å². The lowest BCUT2D eigenvalue weighted by molar-refractivity contribution is -0.123. The molecule has 0 spiro atoms. The maximum Gasteiger partial charge on any atom is 0.258 e. The van der Waals surface area contributed by atoms with Crippen LogP contribution in [-0.4, -0.2) is 19.1 Å². The molecular formula is C24H21BrN2O3. The maximum atomic E-state index is 12.7. The molecule has 3 aromatic rings. The Labute approximate surface area is 184 Å². The largest absolute Gasteiger partial charge is 0.490 e. The van der Waals surface area contributed by atoms with E-state index in [1.165, 1.54) is 0 Å². The lowest BCUT2D eigenvalue weighted by atomic mass is 9.99. The predicted octanol–water partition coefficient (Wildman–Crippen LogP) is 5.00. The van der Waals surface area contributed by atoms with Gasteiger partial charge in [0.05, 0.1) is 28.8 Å². The van der Waals surface area contributed by atoms with Gasteiger partial charge >= 0.3 is 0 Å². The summed E-state index contributed by atoms with van der Waals surface area (Å²) in [6, 6.07) is 24.6. The summed E-state index contributed by atoms with van der Waals surface area (Å²) < 4.78 is 11.9. The highest BCUT2D eigenvalue weighted by molar-refractivity contribution is 9.10. The lowest BCUT2D eigenvalue weighted by Gasteiger charge is -2.20. The number of hydrogen-bond acceptors (Lipinski definition) is 4. The second kappa shape index (κ2) is 10.5. The predicted molar refractivity (Wildman–Crippen MR) is 118 cm³/mol. The van der Waals surface area contributed by atoms with Crippen LogP contribution in [-0.2, 0) is 4.79 Å². The Bertz CT molecular complexity index is 994. The number of carbonyl (C=O) groups is 1. The fraction of sp³-hybridized carbons (Fsp3) is 0.167. The van der Waals surface area contributed by atoms with Gasteiger partial charge in [0.1, 0.15) is 0 Å². The second-order valence-corrected chi connectivity index (χ2v) is 7.30. The molecule has 0 aliphatic carbocycles. The third-order valence-corrected chi connectivity index (χ3v) is 4.95. The van der Waals surface area contributed by atoms with Crippen molar-refractivity contribution >= 4 is 21.8 Å². The zero-order valence-electron chi connectivity index (χ0n) is 16.5. The van der Waals surface area contributed by atoms with E-state index in [1.807, 2.05) is 67.6 Å². The van der Waals surface area contributed by atoms with E-state index in [0.717, 1.165) is 11.1 Å². The van der Waals surface area contributed by atoms with E-state index in [9.17, 15) is 4.79 Å². The molecule has 1 N–H and O–H groups in total. The van der Waals surface area contributed by atoms with Gasteiger partial charge in [0, 0.05) is 6.07 Å². The standard InChI is InChI=1S/C24H21BrN2O3/c1-2-29-21-14-17(15-26)13-20(25)24(21)30-16-22(28)27-23(18-9-5-3-6-10-18)19-11-7-4-8-12-19/h3-14,23H,2,16H2,1H3,(H,27,28). The van der Waals surface area contributed by atoms with Crippen LogP contribution in [0.15, 0.2) is 77.3 Å². The molecular weight excluding hydrogens is 444 g/mol. The molecule has 0 fully saturated rings. The number of carbonyl (C=O) groups excluding carboxylic acids is 1. The molecule has 5 nitrogen and oxygen atoms in total. The summed E-state index contributed by atoms with van der Waals surface area (Å²) in [5.74, 6) is 0.535. The van der Waals surface area contributed by atoms with Crippen LogP contribution in [0.3, 0.4) is 0 Å². The van der Waals surface area contributed by atoms with Crippen molar-refractivity contribution in [3.8, 4) is 17.6 Å². The molecule has 3 aromatic carbocycles. The Balaban J connectivity index is 1.77. The van der Waals surface area contributed by atoms with Gasteiger partial charge in [-0.05, 0) is 40.0 Å². The molecule has 0 aromatic heterocycles. The number of amides is 1. The molecule has 0 aliphatic rings. The van der Waals surface area contributed by atoms with E-state index in [1.54, 1.807) is 12.1 Å². The van der Waals surface area contributed by atoms with Crippen LogP contribution in [0.25, 0.3) is 0 Å². The zero-order valence-corrected chi connectivity index (χ0v) is 18.1. The Morgan fingerprint density at radius 1 is 1.03 bits per heavy atom. The van der Waals surface area contributed by atoms with Gasteiger partial charge in [-0.25, -0.2) is 0 Å². The molecule has 0 saturated carbocycles. The van der Waals surface area contributed by atoms with E-state index in [0.29, 0.717) is 28.1 Å². The van der Waals surface area contributed by atoms with Crippen molar-refractivity contribution in [3.05, 3.63) is 94.0 Å². The second-order valence-electron chi connectivity index (χ2n) is 6.44. The van der Waals surface area contributed by atoms with E-state index in [4.69, 9.17) is 14.7 Å². The number of ether oxygens (including phenoxy) is 2. The first-order valence-corrected chi connectivity index (χ1v) is 10.3. The normalized spacial score (nSPS) is 10.3. The highest BCUT2D eigenvalue weighted by Crippen LogP contribution is 2.36. The van der Waals surface area contributed by atoms with Gasteiger partial charge in [-0.15, -0.1) is 0 Å². The first-order chi connectivity index (χ1) is 14.6. The number of rotatable bonds is 8. The molecule has 0 radical (unpaired) electrons. The van der Waals surface area contributed by atoms with Crippen molar-refractivity contribution in [1.29, 1.82) is 5.26 Å². The zero-order chi connectivity index (χ0) is 21.3. The van der Waals surface area contributed by atoms with Gasteiger partial charge in [0.15, 0.2) is 18.1 Å². The van der Waals surface area contributed by atoms with Crippen molar-refractivity contribution in [2.45, 2.75) is 13.0 Å². The van der Waals surface area contributed by atoms with Crippen molar-refractivity contribution in [3.63, 3.8) is 0 Å². The minimum atomic E-state index is -0.292. The number of nitrogens with zero attached hydrogens (tertiary/aromatic N) is 1. The van der Waals surface area contributed by atoms with Crippen LogP contribution in [0.2, 0.25) is 0 Å². The van der Waals surface area contributed by atoms with E-state index in [-0.39, 0.29) is 18.6 Å². The number of nitrogens with one attached hydrogen (secondary N) is 1. The SMILES string of the molecule is CCOc1cc(C#N)cc(Br)c1OCC(=O)NC(c1ccccc1)c1ccccc1. The molecule has 6 heteroatoms. The minimum absolute atomic E-state index is 0.194. The summed E-state index contributed by atoms with van der Waals surface area (Å²) >= 11 is 3.40. The quantitative estimate of drug-likeness (QED) is 0.508. The monoisotopic (exact) mass is 464 g/mol. The third kappa shape index (κ3) is 5.40. The molecule has 1 amide bonds. The Morgan fingerprint density at radius 3 is 2.17 bits per heavy atom. The Morgan fingerprint density at radius 2 is 1.63 bits per heavy atom. The number of benzene rings is 3. The van der Waals surface area contributed by atoms with E-state index in [2.05, 4.69) is 27.3 Å². The molecule has 0 heterocycles. The van der Waals surface area contributed by atoms with Crippen LogP contribution in [0.1, 0.15) is 29.7 Å². The number of nitriles is 1. The van der Waals surface area contributed by atoms with Gasteiger partial charge < -0.3 is 14.8 Å². The molecule has 3 rings (SSSR count). The summed E-state index contributed by atoms with van der Waals surface area (Å²) in [6.07, 6.45) is 0. The highest BCUT2D eigenvalue weighted by atomic mass is 79.9. The average molecular weight is 465 g/mol. The molecule has 0 bridgehead atoms. The number of hydrogen-bond donors (Lipinski definition) is 1. The van der Waals surface area contributed by atoms with Gasteiger partial charge in [0.25, 0.3) is 5.91 Å². The lowest BCUT2D eigenvalue weighted by Crippen LogP contribution is -2.33. The van der Waals surface area contributed by atoms with Gasteiger partial charge in [-0.3, -0.25) is 4.79 Å². The minimum Gasteiger partial charge on any atom is -0.490 e. The van der Waals surface area contributed by atoms with Crippen molar-refractivity contribution in [1.82, 2.24) is 5.32 Å². The fourth-order valence-electron chi connectivity index (χ4n) is 3.03. The summed E-state index contributed by atoms with van der Waals surface area (Å²) in [5.41, 5.74) is 2.40. The van der Waals surface area contributed by atoms with Crippen LogP contribution in [0.4, 0.5) is 0 Å². The summed E-state index contributed by atoms with van der Waals surface area (Å²) in [6.45, 7) is 2.06. The van der Waals surface area contributed by atoms with Crippen molar-refractivity contribution < 1.29 is 14.3 Å². The first-order valence-electron chi connectivity index (χ1n) is 9.51. The van der Waals surface area contributed by atoms with Crippen LogP contribution >= 0.6 is 15.9 Å². The molecule has 0 saturated heterocycles. The Hall–Kier alpha value is -3.30. The third-order valence-electron chi connectivity index (χ3n) is 4.36. The smallest absolute Gasteiger partial charge is 0.258 e. The van der Waals surface area contributed by atoms with Gasteiger partial charge in [0.2, 0.25) is 0 Å².